The molecule has 0 bridgehead atoms. The molecule has 0 aliphatic heterocycles. The van der Waals surface area contributed by atoms with E-state index in [4.69, 9.17) is 4.74 Å². The average molecular weight is 223 g/mol. The van der Waals surface area contributed by atoms with Crippen molar-refractivity contribution < 1.29 is 9.53 Å². The topological polar surface area (TPSA) is 31.2 Å². The van der Waals surface area contributed by atoms with Gasteiger partial charge in [0.15, 0.2) is 0 Å². The van der Waals surface area contributed by atoms with Gasteiger partial charge in [0, 0.05) is 17.9 Å². The molecule has 3 heteroatoms. The number of aromatic nitrogens is 1. The van der Waals surface area contributed by atoms with Crippen LogP contribution in [0.15, 0.2) is 18.5 Å². The molecular formula is C13H21NO2. The van der Waals surface area contributed by atoms with Crippen LogP contribution in [0.25, 0.3) is 0 Å². The van der Waals surface area contributed by atoms with Crippen molar-refractivity contribution in [2.24, 2.45) is 0 Å². The van der Waals surface area contributed by atoms with Crippen LogP contribution in [-0.4, -0.2) is 16.1 Å². The summed E-state index contributed by atoms with van der Waals surface area (Å²) in [7, 11) is 0. The number of carbonyl (C=O) groups excluding carboxylic acids is 1. The van der Waals surface area contributed by atoms with E-state index in [1.165, 1.54) is 0 Å². The van der Waals surface area contributed by atoms with Crippen molar-refractivity contribution in [3.63, 3.8) is 0 Å². The summed E-state index contributed by atoms with van der Waals surface area (Å²) >= 11 is 0. The highest BCUT2D eigenvalue weighted by Crippen LogP contribution is 2.17. The lowest BCUT2D eigenvalue weighted by atomic mass is 10.1. The van der Waals surface area contributed by atoms with Crippen molar-refractivity contribution in [3.8, 4) is 0 Å². The molecule has 0 aromatic carbocycles. The zero-order valence-electron chi connectivity index (χ0n) is 11.0. The smallest absolute Gasteiger partial charge is 0.340 e. The summed E-state index contributed by atoms with van der Waals surface area (Å²) in [6.45, 7) is 11.9. The molecule has 0 fully saturated rings. The summed E-state index contributed by atoms with van der Waals surface area (Å²) in [6.07, 6.45) is 3.73. The number of carbonyl (C=O) groups is 1. The third-order valence-corrected chi connectivity index (χ3v) is 2.10. The van der Waals surface area contributed by atoms with E-state index < -0.39 is 5.60 Å². The van der Waals surface area contributed by atoms with Crippen molar-refractivity contribution >= 4 is 5.97 Å². The summed E-state index contributed by atoms with van der Waals surface area (Å²) < 4.78 is 7.30. The van der Waals surface area contributed by atoms with Gasteiger partial charge in [0.25, 0.3) is 0 Å². The lowest BCUT2D eigenvalue weighted by molar-refractivity contribution is 0.00694. The van der Waals surface area contributed by atoms with Crippen LogP contribution in [0.1, 0.15) is 51.9 Å². The number of hydrogen-bond donors (Lipinski definition) is 0. The van der Waals surface area contributed by atoms with E-state index in [-0.39, 0.29) is 11.5 Å². The summed E-state index contributed by atoms with van der Waals surface area (Å²) in [5, 5.41) is 0. The Morgan fingerprint density at radius 1 is 1.19 bits per heavy atom. The highest BCUT2D eigenvalue weighted by Gasteiger charge is 2.20. The Hall–Kier alpha value is -1.25. The molecule has 0 amide bonds. The first-order valence-electron chi connectivity index (χ1n) is 5.51. The lowest BCUT2D eigenvalue weighted by Gasteiger charge is -2.21. The van der Waals surface area contributed by atoms with E-state index in [0.29, 0.717) is 5.56 Å². The molecule has 0 aliphatic rings. The maximum Gasteiger partial charge on any atom is 0.340 e. The van der Waals surface area contributed by atoms with Crippen molar-refractivity contribution in [2.75, 3.05) is 0 Å². The lowest BCUT2D eigenvalue weighted by Crippen LogP contribution is -2.24. The molecule has 0 radical (unpaired) electrons. The van der Waals surface area contributed by atoms with Crippen LogP contribution in [0.5, 0.6) is 0 Å². The van der Waals surface area contributed by atoms with Crippen molar-refractivity contribution in [1.29, 1.82) is 0 Å². The first kappa shape index (κ1) is 12.8. The Balaban J connectivity index is 2.83. The fourth-order valence-corrected chi connectivity index (χ4v) is 1.27. The van der Waals surface area contributed by atoms with Crippen molar-refractivity contribution in [1.82, 2.24) is 4.57 Å². The first-order valence-corrected chi connectivity index (χ1v) is 5.51. The molecule has 0 N–H and O–H groups in total. The Kier molecular flexibility index (Phi) is 3.17. The summed E-state index contributed by atoms with van der Waals surface area (Å²) in [5.74, 6) is -0.268. The number of ether oxygens (including phenoxy) is 1. The van der Waals surface area contributed by atoms with E-state index in [9.17, 15) is 4.79 Å². The van der Waals surface area contributed by atoms with E-state index >= 15 is 0 Å². The minimum atomic E-state index is -0.444. The van der Waals surface area contributed by atoms with Crippen molar-refractivity contribution in [3.05, 3.63) is 24.0 Å². The van der Waals surface area contributed by atoms with E-state index in [2.05, 4.69) is 20.8 Å². The SMILES string of the molecule is CC(C)(C)OC(=O)c1ccn(C(C)(C)C)c1. The minimum absolute atomic E-state index is 0.0136. The highest BCUT2D eigenvalue weighted by atomic mass is 16.6. The number of rotatable bonds is 1. The quantitative estimate of drug-likeness (QED) is 0.685. The molecule has 0 atom stereocenters. The van der Waals surface area contributed by atoms with E-state index in [0.717, 1.165) is 0 Å². The molecule has 90 valence electrons. The van der Waals surface area contributed by atoms with Crippen LogP contribution in [0.4, 0.5) is 0 Å². The maximum absolute atomic E-state index is 11.8. The molecule has 3 nitrogen and oxygen atoms in total. The largest absolute Gasteiger partial charge is 0.456 e. The standard InChI is InChI=1S/C13H21NO2/c1-12(2,3)14-8-7-10(9-14)11(15)16-13(4,5)6/h7-9H,1-6H3. The van der Waals surface area contributed by atoms with Gasteiger partial charge >= 0.3 is 5.97 Å². The van der Waals surface area contributed by atoms with Crippen LogP contribution in [0, 0.1) is 0 Å². The van der Waals surface area contributed by atoms with Gasteiger partial charge in [0.05, 0.1) is 5.56 Å². The number of nitrogens with zero attached hydrogens (tertiary/aromatic N) is 1. The van der Waals surface area contributed by atoms with Crippen LogP contribution in [0.3, 0.4) is 0 Å². The highest BCUT2D eigenvalue weighted by molar-refractivity contribution is 5.89. The van der Waals surface area contributed by atoms with E-state index in [1.807, 2.05) is 37.7 Å². The third-order valence-electron chi connectivity index (χ3n) is 2.10. The summed E-state index contributed by atoms with van der Waals surface area (Å²) in [5.41, 5.74) is 0.145. The van der Waals surface area contributed by atoms with Gasteiger partial charge in [0.2, 0.25) is 0 Å². The second kappa shape index (κ2) is 3.96. The van der Waals surface area contributed by atoms with Crippen LogP contribution in [-0.2, 0) is 10.3 Å². The summed E-state index contributed by atoms with van der Waals surface area (Å²) in [4.78, 5) is 11.8. The molecule has 0 saturated heterocycles. The van der Waals surface area contributed by atoms with Gasteiger partial charge in [-0.05, 0) is 47.6 Å². The number of esters is 1. The van der Waals surface area contributed by atoms with Gasteiger partial charge in [-0.2, -0.15) is 0 Å². The van der Waals surface area contributed by atoms with Crippen LogP contribution >= 0.6 is 0 Å². The van der Waals surface area contributed by atoms with Gasteiger partial charge in [0.1, 0.15) is 5.60 Å². The van der Waals surface area contributed by atoms with Gasteiger partial charge in [-0.3, -0.25) is 0 Å². The molecule has 1 rings (SSSR count). The van der Waals surface area contributed by atoms with Gasteiger partial charge in [-0.1, -0.05) is 0 Å². The Labute approximate surface area is 97.4 Å². The fraction of sp³-hybridized carbons (Fsp3) is 0.615. The monoisotopic (exact) mass is 223 g/mol. The zero-order chi connectivity index (χ0) is 12.6. The Morgan fingerprint density at radius 3 is 2.12 bits per heavy atom. The van der Waals surface area contributed by atoms with E-state index in [1.54, 1.807) is 6.07 Å². The minimum Gasteiger partial charge on any atom is -0.456 e. The molecule has 1 aromatic rings. The molecule has 16 heavy (non-hydrogen) atoms. The molecule has 0 unspecified atom stereocenters. The normalized spacial score (nSPS) is 12.6. The second-order valence-electron chi connectivity index (χ2n) is 5.98. The van der Waals surface area contributed by atoms with Gasteiger partial charge in [-0.25, -0.2) is 4.79 Å². The average Bonchev–Trinajstić information content (AvgIpc) is 2.46. The van der Waals surface area contributed by atoms with Crippen LogP contribution < -0.4 is 0 Å². The molecular weight excluding hydrogens is 202 g/mol. The molecule has 1 heterocycles. The second-order valence-corrected chi connectivity index (χ2v) is 5.98. The van der Waals surface area contributed by atoms with Gasteiger partial charge < -0.3 is 9.30 Å². The maximum atomic E-state index is 11.8. The first-order chi connectivity index (χ1) is 7.09. The molecule has 1 aromatic heterocycles. The predicted molar refractivity (Wildman–Crippen MR) is 64.6 cm³/mol. The van der Waals surface area contributed by atoms with Crippen LogP contribution in [0.2, 0.25) is 0 Å². The predicted octanol–water partition coefficient (Wildman–Crippen LogP) is 3.20. The third kappa shape index (κ3) is 3.40. The molecule has 0 saturated carbocycles. The Morgan fingerprint density at radius 2 is 1.75 bits per heavy atom. The summed E-state index contributed by atoms with van der Waals surface area (Å²) in [6, 6.07) is 1.79. The zero-order valence-corrected chi connectivity index (χ0v) is 11.0. The van der Waals surface area contributed by atoms with Crippen molar-refractivity contribution in [2.45, 2.75) is 52.7 Å². The Bertz CT molecular complexity index is 377. The van der Waals surface area contributed by atoms with Gasteiger partial charge in [-0.15, -0.1) is 0 Å². The fourth-order valence-electron chi connectivity index (χ4n) is 1.27. The number of hydrogen-bond acceptors (Lipinski definition) is 2. The molecule has 0 spiro atoms. The molecule has 0 aliphatic carbocycles.